The second kappa shape index (κ2) is 5.97. The van der Waals surface area contributed by atoms with E-state index >= 15 is 0 Å². The molecule has 0 aromatic heterocycles. The van der Waals surface area contributed by atoms with Crippen molar-refractivity contribution in [2.45, 2.75) is 0 Å². The molecule has 0 aliphatic rings. The third-order valence-electron chi connectivity index (χ3n) is 2.76. The SMILES string of the molecule is O=C(CNc1ccccc1C(=O)O)c1ccc(F)cc1. The molecular weight excluding hydrogens is 261 g/mol. The molecule has 0 saturated carbocycles. The van der Waals surface area contributed by atoms with Gasteiger partial charge in [-0.05, 0) is 36.4 Å². The number of carbonyl (C=O) groups is 2. The zero-order valence-corrected chi connectivity index (χ0v) is 10.5. The fourth-order valence-corrected chi connectivity index (χ4v) is 1.74. The second-order valence-corrected chi connectivity index (χ2v) is 4.13. The number of aromatic carboxylic acids is 1. The highest BCUT2D eigenvalue weighted by Gasteiger charge is 2.11. The lowest BCUT2D eigenvalue weighted by molar-refractivity contribution is 0.0697. The highest BCUT2D eigenvalue weighted by atomic mass is 19.1. The Hall–Kier alpha value is -2.69. The molecule has 0 atom stereocenters. The van der Waals surface area contributed by atoms with E-state index in [0.717, 1.165) is 0 Å². The largest absolute Gasteiger partial charge is 0.478 e. The summed E-state index contributed by atoms with van der Waals surface area (Å²) in [4.78, 5) is 22.9. The van der Waals surface area contributed by atoms with E-state index in [-0.39, 0.29) is 17.9 Å². The summed E-state index contributed by atoms with van der Waals surface area (Å²) in [6.07, 6.45) is 0. The molecule has 2 aromatic rings. The van der Waals surface area contributed by atoms with Crippen molar-refractivity contribution in [3.63, 3.8) is 0 Å². The van der Waals surface area contributed by atoms with E-state index in [4.69, 9.17) is 5.11 Å². The molecule has 0 fully saturated rings. The van der Waals surface area contributed by atoms with Gasteiger partial charge >= 0.3 is 5.97 Å². The maximum Gasteiger partial charge on any atom is 0.337 e. The number of nitrogens with one attached hydrogen (secondary N) is 1. The molecule has 2 N–H and O–H groups in total. The molecule has 0 spiro atoms. The van der Waals surface area contributed by atoms with Gasteiger partial charge in [0.25, 0.3) is 0 Å². The van der Waals surface area contributed by atoms with Crippen molar-refractivity contribution in [3.8, 4) is 0 Å². The van der Waals surface area contributed by atoms with Gasteiger partial charge in [-0.2, -0.15) is 0 Å². The highest BCUT2D eigenvalue weighted by Crippen LogP contribution is 2.15. The number of hydrogen-bond donors (Lipinski definition) is 2. The third kappa shape index (κ3) is 3.20. The first-order valence-corrected chi connectivity index (χ1v) is 5.93. The fourth-order valence-electron chi connectivity index (χ4n) is 1.74. The predicted octanol–water partition coefficient (Wildman–Crippen LogP) is 2.82. The Kier molecular flexibility index (Phi) is 4.10. The standard InChI is InChI=1S/C15H12FNO3/c16-11-7-5-10(6-8-11)14(18)9-17-13-4-2-1-3-12(13)15(19)20/h1-8,17H,9H2,(H,19,20). The number of para-hydroxylation sites is 1. The van der Waals surface area contributed by atoms with Gasteiger partial charge in [0.2, 0.25) is 0 Å². The third-order valence-corrected chi connectivity index (χ3v) is 2.76. The molecule has 4 nitrogen and oxygen atoms in total. The molecule has 0 radical (unpaired) electrons. The number of Topliss-reactive ketones (excluding diaryl/α,β-unsaturated/α-hetero) is 1. The molecule has 5 heteroatoms. The van der Waals surface area contributed by atoms with Gasteiger partial charge in [0.1, 0.15) is 5.82 Å². The maximum atomic E-state index is 12.8. The Morgan fingerprint density at radius 1 is 1.05 bits per heavy atom. The van der Waals surface area contributed by atoms with Crippen LogP contribution in [0.15, 0.2) is 48.5 Å². The number of ketones is 1. The van der Waals surface area contributed by atoms with Crippen molar-refractivity contribution >= 4 is 17.4 Å². The van der Waals surface area contributed by atoms with Crippen LogP contribution < -0.4 is 5.32 Å². The number of benzene rings is 2. The molecule has 0 amide bonds. The van der Waals surface area contributed by atoms with Crippen LogP contribution in [0.1, 0.15) is 20.7 Å². The van der Waals surface area contributed by atoms with Crippen LogP contribution in [0.3, 0.4) is 0 Å². The Morgan fingerprint density at radius 3 is 2.35 bits per heavy atom. The lowest BCUT2D eigenvalue weighted by Gasteiger charge is -2.08. The van der Waals surface area contributed by atoms with E-state index in [9.17, 15) is 14.0 Å². The maximum absolute atomic E-state index is 12.8. The van der Waals surface area contributed by atoms with E-state index < -0.39 is 11.8 Å². The van der Waals surface area contributed by atoms with Gasteiger partial charge in [-0.15, -0.1) is 0 Å². The van der Waals surface area contributed by atoms with Crippen LogP contribution in [0.25, 0.3) is 0 Å². The minimum atomic E-state index is -1.07. The molecule has 0 aliphatic heterocycles. The molecule has 0 bridgehead atoms. The number of rotatable bonds is 5. The van der Waals surface area contributed by atoms with Crippen LogP contribution >= 0.6 is 0 Å². The van der Waals surface area contributed by atoms with Crippen LogP contribution in [0.5, 0.6) is 0 Å². The number of hydrogen-bond acceptors (Lipinski definition) is 3. The molecule has 20 heavy (non-hydrogen) atoms. The zero-order valence-electron chi connectivity index (χ0n) is 10.5. The van der Waals surface area contributed by atoms with Gasteiger partial charge in [0.05, 0.1) is 12.1 Å². The molecule has 0 saturated heterocycles. The second-order valence-electron chi connectivity index (χ2n) is 4.13. The van der Waals surface area contributed by atoms with Crippen molar-refractivity contribution in [3.05, 3.63) is 65.5 Å². The van der Waals surface area contributed by atoms with Gasteiger partial charge in [0.15, 0.2) is 5.78 Å². The van der Waals surface area contributed by atoms with Crippen LogP contribution in [0, 0.1) is 5.82 Å². The first-order chi connectivity index (χ1) is 9.58. The van der Waals surface area contributed by atoms with Crippen LogP contribution in [0.2, 0.25) is 0 Å². The van der Waals surface area contributed by atoms with Crippen LogP contribution in [0.4, 0.5) is 10.1 Å². The van der Waals surface area contributed by atoms with E-state index in [1.54, 1.807) is 18.2 Å². The van der Waals surface area contributed by atoms with Crippen molar-refractivity contribution in [2.24, 2.45) is 0 Å². The van der Waals surface area contributed by atoms with Gasteiger partial charge in [-0.25, -0.2) is 9.18 Å². The average Bonchev–Trinajstić information content (AvgIpc) is 2.45. The van der Waals surface area contributed by atoms with E-state index in [1.807, 2.05) is 0 Å². The average molecular weight is 273 g/mol. The Morgan fingerprint density at radius 2 is 1.70 bits per heavy atom. The van der Waals surface area contributed by atoms with Crippen LogP contribution in [-0.2, 0) is 0 Å². The summed E-state index contributed by atoms with van der Waals surface area (Å²) in [6, 6.07) is 11.5. The number of carbonyl (C=O) groups excluding carboxylic acids is 1. The predicted molar refractivity (Wildman–Crippen MR) is 72.6 cm³/mol. The Labute approximate surface area is 114 Å². The van der Waals surface area contributed by atoms with E-state index in [0.29, 0.717) is 11.3 Å². The lowest BCUT2D eigenvalue weighted by Crippen LogP contribution is -2.16. The summed E-state index contributed by atoms with van der Waals surface area (Å²) in [6.45, 7) is -0.0596. The smallest absolute Gasteiger partial charge is 0.337 e. The summed E-state index contributed by atoms with van der Waals surface area (Å²) in [5.41, 5.74) is 0.835. The van der Waals surface area contributed by atoms with Gasteiger partial charge in [-0.1, -0.05) is 12.1 Å². The van der Waals surface area contributed by atoms with Gasteiger partial charge < -0.3 is 10.4 Å². The first kappa shape index (κ1) is 13.7. The number of anilines is 1. The Bertz CT molecular complexity index is 638. The van der Waals surface area contributed by atoms with Crippen molar-refractivity contribution in [1.82, 2.24) is 0 Å². The van der Waals surface area contributed by atoms with Gasteiger partial charge in [0, 0.05) is 11.3 Å². The summed E-state index contributed by atoms with van der Waals surface area (Å²) >= 11 is 0. The van der Waals surface area contributed by atoms with E-state index in [1.165, 1.54) is 30.3 Å². The van der Waals surface area contributed by atoms with Crippen molar-refractivity contribution in [1.29, 1.82) is 0 Å². The summed E-state index contributed by atoms with van der Waals surface area (Å²) in [5.74, 6) is -1.72. The van der Waals surface area contributed by atoms with E-state index in [2.05, 4.69) is 5.32 Å². The number of carboxylic acid groups (broad SMARTS) is 1. The number of halogens is 1. The number of carboxylic acids is 1. The fraction of sp³-hybridized carbons (Fsp3) is 0.0667. The molecule has 0 unspecified atom stereocenters. The molecule has 0 heterocycles. The molecular formula is C15H12FNO3. The monoisotopic (exact) mass is 273 g/mol. The lowest BCUT2D eigenvalue weighted by atomic mass is 10.1. The quantitative estimate of drug-likeness (QED) is 0.822. The molecule has 102 valence electrons. The zero-order chi connectivity index (χ0) is 14.5. The Balaban J connectivity index is 2.07. The molecule has 2 rings (SSSR count). The summed E-state index contributed by atoms with van der Waals surface area (Å²) < 4.78 is 12.8. The molecule has 0 aliphatic carbocycles. The minimum Gasteiger partial charge on any atom is -0.478 e. The van der Waals surface area contributed by atoms with Gasteiger partial charge in [-0.3, -0.25) is 4.79 Å². The highest BCUT2D eigenvalue weighted by molar-refractivity contribution is 6.00. The van der Waals surface area contributed by atoms with Crippen molar-refractivity contribution in [2.75, 3.05) is 11.9 Å². The first-order valence-electron chi connectivity index (χ1n) is 5.93. The molecule has 2 aromatic carbocycles. The summed E-state index contributed by atoms with van der Waals surface area (Å²) in [5, 5.41) is 11.8. The summed E-state index contributed by atoms with van der Waals surface area (Å²) in [7, 11) is 0. The minimum absolute atomic E-state index is 0.0596. The normalized spacial score (nSPS) is 10.1. The van der Waals surface area contributed by atoms with Crippen molar-refractivity contribution < 1.29 is 19.1 Å². The topological polar surface area (TPSA) is 66.4 Å². The van der Waals surface area contributed by atoms with Crippen LogP contribution in [-0.4, -0.2) is 23.4 Å².